The van der Waals surface area contributed by atoms with E-state index < -0.39 is 0 Å². The molecule has 0 fully saturated rings. The standard InChI is InChI=1S/C10H8Cl2NOS/c11-6-3-5-1-2-8(10(14)15)13-9(5)7(12)4-6/h3-4,8,13H,1-2H2. The van der Waals surface area contributed by atoms with Crippen LogP contribution in [0.25, 0.3) is 0 Å². The number of carbonyl (C=O) groups is 1. The maximum Gasteiger partial charge on any atom is 0.240 e. The fourth-order valence-electron chi connectivity index (χ4n) is 1.71. The third kappa shape index (κ3) is 2.19. The first-order valence-electron chi connectivity index (χ1n) is 4.53. The SMILES string of the molecule is O=C([S])C1CCc2cc(Cl)cc(Cl)c2N1. The summed E-state index contributed by atoms with van der Waals surface area (Å²) in [5, 5.41) is 3.93. The fraction of sp³-hybridized carbons (Fsp3) is 0.300. The Hall–Kier alpha value is -0.510. The number of hydrogen-bond acceptors (Lipinski definition) is 2. The van der Waals surface area contributed by atoms with Gasteiger partial charge in [0, 0.05) is 5.02 Å². The number of aryl methyl sites for hydroxylation is 1. The van der Waals surface area contributed by atoms with E-state index in [1.807, 2.05) is 6.07 Å². The predicted molar refractivity (Wildman–Crippen MR) is 64.8 cm³/mol. The molecule has 1 radical (unpaired) electrons. The molecule has 2 nitrogen and oxygen atoms in total. The highest BCUT2D eigenvalue weighted by molar-refractivity contribution is 7.96. The van der Waals surface area contributed by atoms with Crippen LogP contribution >= 0.6 is 35.8 Å². The van der Waals surface area contributed by atoms with Gasteiger partial charge in [-0.15, -0.1) is 0 Å². The number of carbonyl (C=O) groups excluding carboxylic acids is 1. The number of benzene rings is 1. The van der Waals surface area contributed by atoms with Gasteiger partial charge in [0.15, 0.2) is 0 Å². The lowest BCUT2D eigenvalue weighted by Gasteiger charge is -2.25. The van der Waals surface area contributed by atoms with Crippen LogP contribution < -0.4 is 5.32 Å². The van der Waals surface area contributed by atoms with E-state index in [1.54, 1.807) is 6.07 Å². The van der Waals surface area contributed by atoms with Crippen LogP contribution in [0.15, 0.2) is 12.1 Å². The lowest BCUT2D eigenvalue weighted by Crippen LogP contribution is -2.30. The first-order valence-corrected chi connectivity index (χ1v) is 5.69. The molecule has 1 atom stereocenters. The Bertz CT molecular complexity index is 422. The van der Waals surface area contributed by atoms with E-state index in [1.165, 1.54) is 0 Å². The minimum Gasteiger partial charge on any atom is -0.373 e. The van der Waals surface area contributed by atoms with E-state index in [0.29, 0.717) is 16.5 Å². The Morgan fingerprint density at radius 1 is 1.47 bits per heavy atom. The van der Waals surface area contributed by atoms with E-state index in [9.17, 15) is 4.79 Å². The third-order valence-corrected chi connectivity index (χ3v) is 3.24. The quantitative estimate of drug-likeness (QED) is 0.838. The monoisotopic (exact) mass is 260 g/mol. The van der Waals surface area contributed by atoms with Crippen LogP contribution in [-0.4, -0.2) is 11.2 Å². The molecule has 0 saturated heterocycles. The maximum atomic E-state index is 11.1. The Morgan fingerprint density at radius 3 is 2.87 bits per heavy atom. The molecule has 1 aromatic rings. The summed E-state index contributed by atoms with van der Waals surface area (Å²) in [5.74, 6) is 0. The van der Waals surface area contributed by atoms with Crippen molar-refractivity contribution in [3.8, 4) is 0 Å². The number of rotatable bonds is 1. The first kappa shape index (κ1) is 11.0. The molecule has 0 aliphatic carbocycles. The minimum atomic E-state index is -0.300. The van der Waals surface area contributed by atoms with Gasteiger partial charge in [-0.2, -0.15) is 0 Å². The summed E-state index contributed by atoms with van der Waals surface area (Å²) in [4.78, 5) is 11.1. The van der Waals surface area contributed by atoms with Crippen molar-refractivity contribution in [2.45, 2.75) is 18.9 Å². The van der Waals surface area contributed by atoms with Crippen molar-refractivity contribution in [2.75, 3.05) is 5.32 Å². The van der Waals surface area contributed by atoms with Crippen molar-refractivity contribution >= 4 is 46.6 Å². The number of fused-ring (bicyclic) bond motifs is 1. The summed E-state index contributed by atoms with van der Waals surface area (Å²) in [7, 11) is 0. The molecule has 0 spiro atoms. The number of anilines is 1. The van der Waals surface area contributed by atoms with Crippen LogP contribution in [0.5, 0.6) is 0 Å². The number of hydrogen-bond donors (Lipinski definition) is 1. The third-order valence-electron chi connectivity index (χ3n) is 2.44. The fourth-order valence-corrected chi connectivity index (χ4v) is 2.48. The zero-order valence-electron chi connectivity index (χ0n) is 7.72. The number of halogens is 2. The second-order valence-electron chi connectivity index (χ2n) is 3.48. The maximum absolute atomic E-state index is 11.1. The van der Waals surface area contributed by atoms with Gasteiger partial charge in [0.25, 0.3) is 0 Å². The van der Waals surface area contributed by atoms with Crippen LogP contribution in [0.3, 0.4) is 0 Å². The molecule has 1 heterocycles. The molecular formula is C10H8Cl2NOS. The molecule has 1 aromatic carbocycles. The lowest BCUT2D eigenvalue weighted by molar-refractivity contribution is -0.111. The molecule has 0 aromatic heterocycles. The zero-order valence-corrected chi connectivity index (χ0v) is 10.0. The highest BCUT2D eigenvalue weighted by Crippen LogP contribution is 2.35. The normalized spacial score (nSPS) is 19.2. The molecule has 0 saturated carbocycles. The molecule has 5 heteroatoms. The summed E-state index contributed by atoms with van der Waals surface area (Å²) in [5.41, 5.74) is 1.83. The topological polar surface area (TPSA) is 29.1 Å². The average Bonchev–Trinajstić information content (AvgIpc) is 2.16. The van der Waals surface area contributed by atoms with Gasteiger partial charge in [-0.25, -0.2) is 0 Å². The van der Waals surface area contributed by atoms with Crippen molar-refractivity contribution in [2.24, 2.45) is 0 Å². The highest BCUT2D eigenvalue weighted by Gasteiger charge is 2.24. The molecule has 1 N–H and O–H groups in total. The Labute approximate surface area is 103 Å². The van der Waals surface area contributed by atoms with Gasteiger partial charge in [0.05, 0.1) is 10.7 Å². The van der Waals surface area contributed by atoms with Crippen LogP contribution in [0.1, 0.15) is 12.0 Å². The van der Waals surface area contributed by atoms with Crippen LogP contribution in [0, 0.1) is 0 Å². The predicted octanol–water partition coefficient (Wildman–Crippen LogP) is 3.44. The van der Waals surface area contributed by atoms with E-state index in [-0.39, 0.29) is 11.2 Å². The highest BCUT2D eigenvalue weighted by atomic mass is 35.5. The summed E-state index contributed by atoms with van der Waals surface area (Å²) in [6, 6.07) is 3.22. The summed E-state index contributed by atoms with van der Waals surface area (Å²) < 4.78 is 0. The average molecular weight is 261 g/mol. The van der Waals surface area contributed by atoms with Gasteiger partial charge in [-0.1, -0.05) is 23.2 Å². The summed E-state index contributed by atoms with van der Waals surface area (Å²) in [6.45, 7) is 0. The lowest BCUT2D eigenvalue weighted by atomic mass is 9.99. The van der Waals surface area contributed by atoms with Crippen molar-refractivity contribution in [1.82, 2.24) is 0 Å². The van der Waals surface area contributed by atoms with Crippen LogP contribution in [0.4, 0.5) is 5.69 Å². The molecule has 2 rings (SSSR count). The van der Waals surface area contributed by atoms with Crippen molar-refractivity contribution in [1.29, 1.82) is 0 Å². The van der Waals surface area contributed by atoms with E-state index in [2.05, 4.69) is 17.9 Å². The van der Waals surface area contributed by atoms with E-state index in [0.717, 1.165) is 17.7 Å². The van der Waals surface area contributed by atoms with Crippen molar-refractivity contribution in [3.05, 3.63) is 27.7 Å². The molecule has 0 amide bonds. The largest absolute Gasteiger partial charge is 0.373 e. The minimum absolute atomic E-state index is 0.272. The molecule has 1 aliphatic heterocycles. The smallest absolute Gasteiger partial charge is 0.240 e. The Kier molecular flexibility index (Phi) is 3.05. The van der Waals surface area contributed by atoms with Gasteiger partial charge in [0.1, 0.15) is 6.04 Å². The van der Waals surface area contributed by atoms with Crippen LogP contribution in [0.2, 0.25) is 10.0 Å². The second kappa shape index (κ2) is 4.16. The summed E-state index contributed by atoms with van der Waals surface area (Å²) >= 11 is 16.5. The van der Waals surface area contributed by atoms with Crippen molar-refractivity contribution < 1.29 is 4.79 Å². The van der Waals surface area contributed by atoms with Crippen molar-refractivity contribution in [3.63, 3.8) is 0 Å². The molecule has 1 unspecified atom stereocenters. The number of nitrogens with one attached hydrogen (secondary N) is 1. The van der Waals surface area contributed by atoms with Gasteiger partial charge in [0.2, 0.25) is 5.12 Å². The molecule has 79 valence electrons. The summed E-state index contributed by atoms with van der Waals surface area (Å²) in [6.07, 6.45) is 1.47. The van der Waals surface area contributed by atoms with E-state index in [4.69, 9.17) is 23.2 Å². The molecular weight excluding hydrogens is 253 g/mol. The van der Waals surface area contributed by atoms with Gasteiger partial charge in [-0.05, 0) is 43.2 Å². The molecule has 0 bridgehead atoms. The molecule has 1 aliphatic rings. The van der Waals surface area contributed by atoms with Gasteiger partial charge < -0.3 is 5.32 Å². The van der Waals surface area contributed by atoms with Gasteiger partial charge >= 0.3 is 0 Å². The van der Waals surface area contributed by atoms with Gasteiger partial charge in [-0.3, -0.25) is 4.79 Å². The van der Waals surface area contributed by atoms with Crippen LogP contribution in [-0.2, 0) is 11.2 Å². The second-order valence-corrected chi connectivity index (χ2v) is 4.72. The van der Waals surface area contributed by atoms with E-state index >= 15 is 0 Å². The molecule has 15 heavy (non-hydrogen) atoms. The zero-order chi connectivity index (χ0) is 11.0. The Morgan fingerprint density at radius 2 is 2.20 bits per heavy atom. The first-order chi connectivity index (χ1) is 7.08. The Balaban J connectivity index is 2.37.